The molecule has 1 saturated carbocycles. The number of benzene rings is 2. The van der Waals surface area contributed by atoms with E-state index in [4.69, 9.17) is 21.6 Å². The maximum absolute atomic E-state index is 12.2. The molecule has 2 aromatic rings. The lowest BCUT2D eigenvalue weighted by Gasteiger charge is -2.09. The van der Waals surface area contributed by atoms with Gasteiger partial charge in [-0.15, -0.1) is 0 Å². The molecular formula is C20H16ClN3O4. The van der Waals surface area contributed by atoms with E-state index in [1.165, 1.54) is 30.3 Å². The lowest BCUT2D eigenvalue weighted by molar-refractivity contribution is -0.119. The minimum Gasteiger partial charge on any atom is -0.452 e. The van der Waals surface area contributed by atoms with Crippen LogP contribution in [-0.4, -0.2) is 24.4 Å². The Balaban J connectivity index is 1.53. The third-order valence-corrected chi connectivity index (χ3v) is 4.33. The van der Waals surface area contributed by atoms with Gasteiger partial charge in [-0.25, -0.2) is 4.79 Å². The van der Waals surface area contributed by atoms with Gasteiger partial charge in [0.05, 0.1) is 16.1 Å². The van der Waals surface area contributed by atoms with E-state index in [0.717, 1.165) is 12.8 Å². The van der Waals surface area contributed by atoms with Gasteiger partial charge in [0.15, 0.2) is 6.61 Å². The third-order valence-electron chi connectivity index (χ3n) is 4.02. The average molecular weight is 398 g/mol. The van der Waals surface area contributed by atoms with Crippen molar-refractivity contribution >= 4 is 40.8 Å². The molecule has 142 valence electrons. The number of halogens is 1. The summed E-state index contributed by atoms with van der Waals surface area (Å²) in [5.74, 6) is -1.25. The van der Waals surface area contributed by atoms with Gasteiger partial charge < -0.3 is 15.4 Å². The smallest absolute Gasteiger partial charge is 0.338 e. The molecule has 0 unspecified atom stereocenters. The second-order valence-electron chi connectivity index (χ2n) is 6.28. The number of ether oxygens (including phenoxy) is 1. The molecule has 1 fully saturated rings. The highest BCUT2D eigenvalue weighted by Crippen LogP contribution is 2.30. The van der Waals surface area contributed by atoms with Crippen LogP contribution in [0.4, 0.5) is 11.4 Å². The van der Waals surface area contributed by atoms with E-state index in [1.54, 1.807) is 12.1 Å². The first-order valence-electron chi connectivity index (χ1n) is 8.54. The Morgan fingerprint density at radius 2 is 1.86 bits per heavy atom. The Kier molecular flexibility index (Phi) is 5.92. The summed E-state index contributed by atoms with van der Waals surface area (Å²) in [7, 11) is 0. The Hall–Kier alpha value is -3.37. The van der Waals surface area contributed by atoms with E-state index in [-0.39, 0.29) is 22.4 Å². The highest BCUT2D eigenvalue weighted by atomic mass is 35.5. The molecule has 28 heavy (non-hydrogen) atoms. The zero-order valence-corrected chi connectivity index (χ0v) is 15.5. The van der Waals surface area contributed by atoms with Crippen molar-refractivity contribution in [2.24, 2.45) is 5.92 Å². The van der Waals surface area contributed by atoms with E-state index in [2.05, 4.69) is 10.6 Å². The first kappa shape index (κ1) is 19.4. The number of hydrogen-bond donors (Lipinski definition) is 2. The van der Waals surface area contributed by atoms with Gasteiger partial charge in [0.2, 0.25) is 5.91 Å². The number of anilines is 2. The minimum atomic E-state index is -0.685. The first-order chi connectivity index (χ1) is 13.5. The molecule has 0 bridgehead atoms. The molecule has 8 heteroatoms. The molecule has 0 aromatic heterocycles. The number of nitrogens with one attached hydrogen (secondary N) is 2. The molecule has 3 rings (SSSR count). The lowest BCUT2D eigenvalue weighted by atomic mass is 10.2. The van der Waals surface area contributed by atoms with E-state index < -0.39 is 18.5 Å². The largest absolute Gasteiger partial charge is 0.452 e. The van der Waals surface area contributed by atoms with Crippen molar-refractivity contribution in [3.63, 3.8) is 0 Å². The van der Waals surface area contributed by atoms with E-state index in [1.807, 2.05) is 6.07 Å². The van der Waals surface area contributed by atoms with Gasteiger partial charge in [-0.2, -0.15) is 5.26 Å². The summed E-state index contributed by atoms with van der Waals surface area (Å²) < 4.78 is 5.01. The van der Waals surface area contributed by atoms with Gasteiger partial charge >= 0.3 is 5.97 Å². The van der Waals surface area contributed by atoms with Gasteiger partial charge in [-0.1, -0.05) is 17.7 Å². The Morgan fingerprint density at radius 1 is 1.11 bits per heavy atom. The predicted octanol–water partition coefficient (Wildman–Crippen LogP) is 3.36. The number of rotatable bonds is 6. The lowest BCUT2D eigenvalue weighted by Crippen LogP contribution is -2.21. The quantitative estimate of drug-likeness (QED) is 0.726. The summed E-state index contributed by atoms with van der Waals surface area (Å²) in [4.78, 5) is 35.9. The third kappa shape index (κ3) is 5.09. The number of esters is 1. The van der Waals surface area contributed by atoms with Crippen LogP contribution in [0.15, 0.2) is 42.5 Å². The second-order valence-corrected chi connectivity index (χ2v) is 6.68. The summed E-state index contributed by atoms with van der Waals surface area (Å²) in [5.41, 5.74) is 1.40. The van der Waals surface area contributed by atoms with Crippen LogP contribution in [-0.2, 0) is 14.3 Å². The van der Waals surface area contributed by atoms with E-state index in [0.29, 0.717) is 16.9 Å². The molecule has 2 amide bonds. The Labute approximate surface area is 166 Å². The number of amides is 2. The van der Waals surface area contributed by atoms with Gasteiger partial charge in [0.1, 0.15) is 6.07 Å². The zero-order chi connectivity index (χ0) is 20.1. The van der Waals surface area contributed by atoms with Gasteiger partial charge in [0.25, 0.3) is 5.91 Å². The van der Waals surface area contributed by atoms with Crippen LogP contribution in [0.25, 0.3) is 0 Å². The van der Waals surface area contributed by atoms with Gasteiger partial charge in [0, 0.05) is 17.3 Å². The first-order valence-corrected chi connectivity index (χ1v) is 8.91. The van der Waals surface area contributed by atoms with E-state index >= 15 is 0 Å². The number of hydrogen-bond acceptors (Lipinski definition) is 5. The number of nitrogens with zero attached hydrogens (tertiary/aromatic N) is 1. The molecule has 0 saturated heterocycles. The molecule has 2 aromatic carbocycles. The molecule has 1 aliphatic rings. The van der Waals surface area contributed by atoms with Crippen LogP contribution in [0, 0.1) is 17.2 Å². The van der Waals surface area contributed by atoms with Crippen LogP contribution in [0.1, 0.15) is 28.8 Å². The van der Waals surface area contributed by atoms with Crippen molar-refractivity contribution in [1.82, 2.24) is 0 Å². The maximum Gasteiger partial charge on any atom is 0.338 e. The Bertz CT molecular complexity index is 980. The SMILES string of the molecule is N#Cc1ccc(NC(=O)COC(=O)c2cccc(NC(=O)C3CC3)c2)cc1Cl. The van der Waals surface area contributed by atoms with Crippen molar-refractivity contribution in [3.05, 3.63) is 58.6 Å². The fraction of sp³-hybridized carbons (Fsp3) is 0.200. The zero-order valence-electron chi connectivity index (χ0n) is 14.7. The standard InChI is InChI=1S/C20H16ClN3O4/c21-17-9-16(7-6-14(17)10-22)23-18(25)11-28-20(27)13-2-1-3-15(8-13)24-19(26)12-4-5-12/h1-3,6-9,12H,4-5,11H2,(H,23,25)(H,24,26). The fourth-order valence-electron chi connectivity index (χ4n) is 2.41. The molecular weight excluding hydrogens is 382 g/mol. The van der Waals surface area contributed by atoms with Gasteiger partial charge in [-0.3, -0.25) is 9.59 Å². The van der Waals surface area contributed by atoms with Crippen molar-refractivity contribution in [2.75, 3.05) is 17.2 Å². The molecule has 1 aliphatic carbocycles. The van der Waals surface area contributed by atoms with Crippen LogP contribution in [0.5, 0.6) is 0 Å². The fourth-order valence-corrected chi connectivity index (χ4v) is 2.63. The number of carbonyl (C=O) groups excluding carboxylic acids is 3. The highest BCUT2D eigenvalue weighted by molar-refractivity contribution is 6.32. The molecule has 2 N–H and O–H groups in total. The number of carbonyl (C=O) groups is 3. The monoisotopic (exact) mass is 397 g/mol. The van der Waals surface area contributed by atoms with Gasteiger partial charge in [-0.05, 0) is 49.2 Å². The van der Waals surface area contributed by atoms with Crippen LogP contribution in [0.2, 0.25) is 5.02 Å². The van der Waals surface area contributed by atoms with Crippen LogP contribution in [0.3, 0.4) is 0 Å². The average Bonchev–Trinajstić information content (AvgIpc) is 3.52. The number of nitriles is 1. The topological polar surface area (TPSA) is 108 Å². The van der Waals surface area contributed by atoms with Crippen molar-refractivity contribution in [1.29, 1.82) is 5.26 Å². The molecule has 0 aliphatic heterocycles. The summed E-state index contributed by atoms with van der Waals surface area (Å²) in [6, 6.07) is 12.7. The van der Waals surface area contributed by atoms with Crippen molar-refractivity contribution < 1.29 is 19.1 Å². The highest BCUT2D eigenvalue weighted by Gasteiger charge is 2.29. The molecule has 0 heterocycles. The van der Waals surface area contributed by atoms with Crippen LogP contribution >= 0.6 is 11.6 Å². The van der Waals surface area contributed by atoms with Crippen molar-refractivity contribution in [3.8, 4) is 6.07 Å². The maximum atomic E-state index is 12.2. The summed E-state index contributed by atoms with van der Waals surface area (Å²) in [6.45, 7) is -0.491. The second kappa shape index (κ2) is 8.55. The normalized spacial score (nSPS) is 12.6. The molecule has 0 radical (unpaired) electrons. The van der Waals surface area contributed by atoms with Crippen LogP contribution < -0.4 is 10.6 Å². The van der Waals surface area contributed by atoms with Crippen molar-refractivity contribution in [2.45, 2.75) is 12.8 Å². The minimum absolute atomic E-state index is 0.0510. The molecule has 7 nitrogen and oxygen atoms in total. The summed E-state index contributed by atoms with van der Waals surface area (Å²) in [5, 5.41) is 14.3. The summed E-state index contributed by atoms with van der Waals surface area (Å²) in [6.07, 6.45) is 1.76. The van der Waals surface area contributed by atoms with E-state index in [9.17, 15) is 14.4 Å². The molecule has 0 spiro atoms. The Morgan fingerprint density at radius 3 is 2.54 bits per heavy atom. The summed E-state index contributed by atoms with van der Waals surface area (Å²) >= 11 is 5.91. The predicted molar refractivity (Wildman–Crippen MR) is 103 cm³/mol. The molecule has 0 atom stereocenters.